The summed E-state index contributed by atoms with van der Waals surface area (Å²) in [6.07, 6.45) is 6.37. The second-order valence-electron chi connectivity index (χ2n) is 6.34. The summed E-state index contributed by atoms with van der Waals surface area (Å²) in [4.78, 5) is 14.1. The summed E-state index contributed by atoms with van der Waals surface area (Å²) in [6, 6.07) is 7.05. The molecule has 1 fully saturated rings. The van der Waals surface area contributed by atoms with Gasteiger partial charge in [0.05, 0.1) is 4.90 Å². The van der Waals surface area contributed by atoms with Crippen LogP contribution in [-0.2, 0) is 21.2 Å². The van der Waals surface area contributed by atoms with E-state index in [1.807, 2.05) is 17.0 Å². The molecule has 24 heavy (non-hydrogen) atoms. The largest absolute Gasteiger partial charge is 0.343 e. The first-order chi connectivity index (χ1) is 11.5. The number of carbonyl (C=O) groups is 1. The smallest absolute Gasteiger partial charge is 0.240 e. The molecule has 134 valence electrons. The Morgan fingerprint density at radius 2 is 1.88 bits per heavy atom. The molecule has 0 aliphatic carbocycles. The molecule has 0 aromatic heterocycles. The van der Waals surface area contributed by atoms with E-state index < -0.39 is 10.0 Å². The summed E-state index contributed by atoms with van der Waals surface area (Å²) in [5.41, 5.74) is 1.15. The molecule has 1 aliphatic rings. The average Bonchev–Trinajstić information content (AvgIpc) is 2.77. The van der Waals surface area contributed by atoms with Crippen molar-refractivity contribution in [2.45, 2.75) is 56.8 Å². The van der Waals surface area contributed by atoms with Crippen LogP contribution in [0.3, 0.4) is 0 Å². The first-order valence-corrected chi connectivity index (χ1v) is 10.4. The monoisotopic (exact) mass is 352 g/mol. The average molecular weight is 353 g/mol. The summed E-state index contributed by atoms with van der Waals surface area (Å²) in [5.74, 6) is 0.196. The molecule has 0 atom stereocenters. The Morgan fingerprint density at radius 1 is 1.12 bits per heavy atom. The summed E-state index contributed by atoms with van der Waals surface area (Å²) in [5, 5.41) is 0. The van der Waals surface area contributed by atoms with Crippen molar-refractivity contribution in [1.29, 1.82) is 0 Å². The molecule has 5 nitrogen and oxygen atoms in total. The number of hydrogen-bond donors (Lipinski definition) is 1. The Labute approximate surface area is 145 Å². The fraction of sp³-hybridized carbons (Fsp3) is 0.611. The maximum atomic E-state index is 12.3. The summed E-state index contributed by atoms with van der Waals surface area (Å²) in [7, 11) is -3.47. The highest BCUT2D eigenvalue weighted by Gasteiger charge is 2.17. The first-order valence-electron chi connectivity index (χ1n) is 8.89. The molecule has 1 saturated heterocycles. The van der Waals surface area contributed by atoms with Gasteiger partial charge in [-0.05, 0) is 43.4 Å². The predicted octanol–water partition coefficient (Wildman–Crippen LogP) is 2.71. The van der Waals surface area contributed by atoms with Gasteiger partial charge >= 0.3 is 0 Å². The standard InChI is InChI=1S/C18H28N2O3S/c1-2-7-16-9-11-17(12-10-16)24(22,23)19-13-6-15-20-14-5-3-4-8-18(20)21/h9-12,19H,2-8,13-15H2,1H3. The second-order valence-corrected chi connectivity index (χ2v) is 8.10. The van der Waals surface area contributed by atoms with Crippen LogP contribution in [0, 0.1) is 0 Å². The number of amides is 1. The minimum absolute atomic E-state index is 0.196. The number of nitrogens with zero attached hydrogens (tertiary/aromatic N) is 1. The van der Waals surface area contributed by atoms with Crippen molar-refractivity contribution in [2.75, 3.05) is 19.6 Å². The lowest BCUT2D eigenvalue weighted by molar-refractivity contribution is -0.130. The molecular formula is C18H28N2O3S. The van der Waals surface area contributed by atoms with Gasteiger partial charge in [0.2, 0.25) is 15.9 Å². The number of benzene rings is 1. The third kappa shape index (κ3) is 5.60. The third-order valence-electron chi connectivity index (χ3n) is 4.34. The maximum absolute atomic E-state index is 12.3. The second kappa shape index (κ2) is 9.18. The zero-order chi connectivity index (χ0) is 17.4. The first kappa shape index (κ1) is 18.9. The molecule has 2 rings (SSSR count). The van der Waals surface area contributed by atoms with E-state index in [1.54, 1.807) is 12.1 Å². The van der Waals surface area contributed by atoms with Gasteiger partial charge in [0.15, 0.2) is 0 Å². The van der Waals surface area contributed by atoms with E-state index >= 15 is 0 Å². The van der Waals surface area contributed by atoms with Crippen LogP contribution in [0.4, 0.5) is 0 Å². The molecule has 0 radical (unpaired) electrons. The Balaban J connectivity index is 1.80. The molecule has 1 N–H and O–H groups in total. The Hall–Kier alpha value is -1.40. The van der Waals surface area contributed by atoms with Gasteiger partial charge in [0.25, 0.3) is 0 Å². The van der Waals surface area contributed by atoms with Crippen molar-refractivity contribution in [3.8, 4) is 0 Å². The van der Waals surface area contributed by atoms with Crippen LogP contribution in [0.5, 0.6) is 0 Å². The van der Waals surface area contributed by atoms with Crippen LogP contribution in [0.1, 0.15) is 51.0 Å². The number of carbonyl (C=O) groups excluding carboxylic acids is 1. The minimum Gasteiger partial charge on any atom is -0.343 e. The lowest BCUT2D eigenvalue weighted by atomic mass is 10.1. The van der Waals surface area contributed by atoms with Crippen molar-refractivity contribution in [2.24, 2.45) is 0 Å². The van der Waals surface area contributed by atoms with Crippen LogP contribution in [0.15, 0.2) is 29.2 Å². The molecule has 1 aromatic rings. The van der Waals surface area contributed by atoms with Gasteiger partial charge in [-0.1, -0.05) is 31.9 Å². The highest BCUT2D eigenvalue weighted by molar-refractivity contribution is 7.89. The van der Waals surface area contributed by atoms with Crippen LogP contribution in [0.25, 0.3) is 0 Å². The van der Waals surface area contributed by atoms with Gasteiger partial charge in [0.1, 0.15) is 0 Å². The fourth-order valence-electron chi connectivity index (χ4n) is 2.96. The number of likely N-dealkylation sites (tertiary alicyclic amines) is 1. The van der Waals surface area contributed by atoms with E-state index in [0.717, 1.165) is 44.2 Å². The van der Waals surface area contributed by atoms with Crippen LogP contribution in [0.2, 0.25) is 0 Å². The molecule has 0 unspecified atom stereocenters. The van der Waals surface area contributed by atoms with Crippen molar-refractivity contribution in [3.05, 3.63) is 29.8 Å². The fourth-order valence-corrected chi connectivity index (χ4v) is 4.03. The number of aryl methyl sites for hydroxylation is 1. The molecule has 1 aromatic carbocycles. The molecule has 0 spiro atoms. The van der Waals surface area contributed by atoms with Gasteiger partial charge in [-0.15, -0.1) is 0 Å². The number of hydrogen-bond acceptors (Lipinski definition) is 3. The summed E-state index contributed by atoms with van der Waals surface area (Å²) >= 11 is 0. The highest BCUT2D eigenvalue weighted by atomic mass is 32.2. The van der Waals surface area contributed by atoms with E-state index in [1.165, 1.54) is 0 Å². The lowest BCUT2D eigenvalue weighted by Crippen LogP contribution is -2.34. The van der Waals surface area contributed by atoms with Gasteiger partial charge < -0.3 is 4.90 Å². The highest BCUT2D eigenvalue weighted by Crippen LogP contribution is 2.13. The number of rotatable bonds is 8. The van der Waals surface area contributed by atoms with E-state index in [4.69, 9.17) is 0 Å². The topological polar surface area (TPSA) is 66.5 Å². The zero-order valence-electron chi connectivity index (χ0n) is 14.5. The van der Waals surface area contributed by atoms with Gasteiger partial charge in [-0.2, -0.15) is 0 Å². The quantitative estimate of drug-likeness (QED) is 0.732. The molecular weight excluding hydrogens is 324 g/mol. The maximum Gasteiger partial charge on any atom is 0.240 e. The minimum atomic E-state index is -3.47. The normalized spacial score (nSPS) is 16.2. The Kier molecular flexibility index (Phi) is 7.24. The lowest BCUT2D eigenvalue weighted by Gasteiger charge is -2.20. The molecule has 1 amide bonds. The van der Waals surface area contributed by atoms with Crippen molar-refractivity contribution in [3.63, 3.8) is 0 Å². The van der Waals surface area contributed by atoms with E-state index in [0.29, 0.717) is 30.8 Å². The van der Waals surface area contributed by atoms with E-state index in [2.05, 4.69) is 11.6 Å². The number of sulfonamides is 1. The van der Waals surface area contributed by atoms with Crippen molar-refractivity contribution < 1.29 is 13.2 Å². The Morgan fingerprint density at radius 3 is 2.58 bits per heavy atom. The van der Waals surface area contributed by atoms with Crippen LogP contribution in [-0.4, -0.2) is 38.9 Å². The van der Waals surface area contributed by atoms with Gasteiger partial charge in [-0.25, -0.2) is 13.1 Å². The SMILES string of the molecule is CCCc1ccc(S(=O)(=O)NCCCN2CCCCCC2=O)cc1. The summed E-state index contributed by atoms with van der Waals surface area (Å²) in [6.45, 7) is 3.87. The predicted molar refractivity (Wildman–Crippen MR) is 95.3 cm³/mol. The van der Waals surface area contributed by atoms with Crippen molar-refractivity contribution >= 4 is 15.9 Å². The Bertz CT molecular complexity index is 626. The molecule has 1 heterocycles. The molecule has 1 aliphatic heterocycles. The van der Waals surface area contributed by atoms with E-state index in [-0.39, 0.29) is 5.91 Å². The number of nitrogens with one attached hydrogen (secondary N) is 1. The van der Waals surface area contributed by atoms with Crippen molar-refractivity contribution in [1.82, 2.24) is 9.62 Å². The molecule has 0 bridgehead atoms. The summed E-state index contributed by atoms with van der Waals surface area (Å²) < 4.78 is 27.2. The molecule has 0 saturated carbocycles. The van der Waals surface area contributed by atoms with E-state index in [9.17, 15) is 13.2 Å². The molecule has 6 heteroatoms. The van der Waals surface area contributed by atoms with Crippen LogP contribution >= 0.6 is 0 Å². The zero-order valence-corrected chi connectivity index (χ0v) is 15.3. The van der Waals surface area contributed by atoms with Gasteiger partial charge in [0, 0.05) is 26.1 Å². The van der Waals surface area contributed by atoms with Gasteiger partial charge in [-0.3, -0.25) is 4.79 Å². The third-order valence-corrected chi connectivity index (χ3v) is 5.82. The van der Waals surface area contributed by atoms with Crippen LogP contribution < -0.4 is 4.72 Å².